The van der Waals surface area contributed by atoms with Crippen LogP contribution in [-0.4, -0.2) is 44.3 Å². The lowest BCUT2D eigenvalue weighted by atomic mass is 10.2. The summed E-state index contributed by atoms with van der Waals surface area (Å²) in [6.07, 6.45) is 4.92. The summed E-state index contributed by atoms with van der Waals surface area (Å²) in [6, 6.07) is 12.8. The van der Waals surface area contributed by atoms with Gasteiger partial charge in [0.05, 0.1) is 5.39 Å². The summed E-state index contributed by atoms with van der Waals surface area (Å²) < 4.78 is 5.23. The highest BCUT2D eigenvalue weighted by molar-refractivity contribution is 5.90. The number of nitrogens with zero attached hydrogens (tertiary/aromatic N) is 4. The molecule has 1 amide bonds. The van der Waals surface area contributed by atoms with E-state index in [9.17, 15) is 9.59 Å². The fourth-order valence-electron chi connectivity index (χ4n) is 3.38. The molecule has 0 bridgehead atoms. The van der Waals surface area contributed by atoms with Crippen molar-refractivity contribution in [2.24, 2.45) is 0 Å². The zero-order chi connectivity index (χ0) is 22.9. The molecular weight excluding hydrogens is 422 g/mol. The van der Waals surface area contributed by atoms with Crippen molar-refractivity contribution in [2.45, 2.75) is 32.1 Å². The van der Waals surface area contributed by atoms with Crippen molar-refractivity contribution >= 4 is 22.5 Å². The zero-order valence-corrected chi connectivity index (χ0v) is 18.1. The number of fused-ring (bicyclic) bond motifs is 1. The molecule has 0 aliphatic rings. The molecule has 4 rings (SSSR count). The van der Waals surface area contributed by atoms with Crippen LogP contribution in [0.4, 0.5) is 5.82 Å². The van der Waals surface area contributed by atoms with Gasteiger partial charge in [0, 0.05) is 37.5 Å². The van der Waals surface area contributed by atoms with Gasteiger partial charge in [0.15, 0.2) is 5.82 Å². The number of pyridine rings is 1. The van der Waals surface area contributed by atoms with E-state index >= 15 is 0 Å². The Balaban J connectivity index is 1.10. The molecule has 0 aliphatic heterocycles. The van der Waals surface area contributed by atoms with E-state index in [4.69, 9.17) is 4.52 Å². The van der Waals surface area contributed by atoms with Gasteiger partial charge < -0.3 is 15.2 Å². The fourth-order valence-corrected chi connectivity index (χ4v) is 3.38. The van der Waals surface area contributed by atoms with E-state index in [0.717, 1.165) is 18.2 Å². The number of hydrogen-bond acceptors (Lipinski definition) is 8. The van der Waals surface area contributed by atoms with E-state index in [0.29, 0.717) is 61.0 Å². The predicted octanol–water partition coefficient (Wildman–Crippen LogP) is 2.70. The van der Waals surface area contributed by atoms with Gasteiger partial charge in [0.1, 0.15) is 5.69 Å². The molecule has 3 heterocycles. The smallest absolute Gasteiger partial charge is 0.272 e. The van der Waals surface area contributed by atoms with Gasteiger partial charge in [-0.05, 0) is 37.5 Å². The first kappa shape index (κ1) is 22.1. The van der Waals surface area contributed by atoms with Crippen LogP contribution in [0.1, 0.15) is 31.6 Å². The minimum absolute atomic E-state index is 0.000666. The molecule has 0 fully saturated rings. The van der Waals surface area contributed by atoms with Gasteiger partial charge in [-0.1, -0.05) is 29.4 Å². The number of unbranched alkanes of at least 4 members (excludes halogenated alkanes) is 1. The summed E-state index contributed by atoms with van der Waals surface area (Å²) in [5.74, 6) is 1.61. The maximum absolute atomic E-state index is 12.0. The van der Waals surface area contributed by atoms with Gasteiger partial charge in [-0.25, -0.2) is 5.10 Å². The molecule has 0 atom stereocenters. The Kier molecular flexibility index (Phi) is 7.36. The van der Waals surface area contributed by atoms with Crippen LogP contribution < -0.4 is 16.2 Å². The molecule has 0 saturated carbocycles. The van der Waals surface area contributed by atoms with E-state index in [-0.39, 0.29) is 11.5 Å². The maximum atomic E-state index is 12.0. The number of aryl methyl sites for hydroxylation is 1. The second-order valence-corrected chi connectivity index (χ2v) is 7.51. The number of aromatic nitrogens is 5. The van der Waals surface area contributed by atoms with Gasteiger partial charge in [-0.15, -0.1) is 0 Å². The van der Waals surface area contributed by atoms with E-state index in [2.05, 4.69) is 36.0 Å². The van der Waals surface area contributed by atoms with Crippen LogP contribution in [0.15, 0.2) is 58.0 Å². The number of H-pyrrole nitrogens is 1. The third-order valence-corrected chi connectivity index (χ3v) is 5.07. The molecule has 10 heteroatoms. The van der Waals surface area contributed by atoms with Crippen molar-refractivity contribution in [1.29, 1.82) is 0 Å². The number of carbonyl (C=O) groups excluding carboxylic acids is 1. The van der Waals surface area contributed by atoms with E-state index in [1.165, 1.54) is 0 Å². The number of rotatable bonds is 11. The van der Waals surface area contributed by atoms with Crippen LogP contribution in [0.2, 0.25) is 0 Å². The van der Waals surface area contributed by atoms with Crippen molar-refractivity contribution in [3.63, 3.8) is 0 Å². The summed E-state index contributed by atoms with van der Waals surface area (Å²) >= 11 is 0. The highest BCUT2D eigenvalue weighted by atomic mass is 16.5. The molecule has 0 radical (unpaired) electrons. The van der Waals surface area contributed by atoms with Crippen LogP contribution in [0, 0.1) is 0 Å². The highest BCUT2D eigenvalue weighted by Crippen LogP contribution is 2.16. The van der Waals surface area contributed by atoms with Gasteiger partial charge in [0.25, 0.3) is 5.56 Å². The average Bonchev–Trinajstić information content (AvgIpc) is 3.32. The Morgan fingerprint density at radius 1 is 1.00 bits per heavy atom. The van der Waals surface area contributed by atoms with E-state index in [1.54, 1.807) is 12.3 Å². The largest absolute Gasteiger partial charge is 0.368 e. The zero-order valence-electron chi connectivity index (χ0n) is 18.1. The molecule has 0 aliphatic carbocycles. The van der Waals surface area contributed by atoms with Gasteiger partial charge in [-0.2, -0.15) is 10.1 Å². The second-order valence-electron chi connectivity index (χ2n) is 7.51. The van der Waals surface area contributed by atoms with E-state index < -0.39 is 0 Å². The Labute approximate surface area is 189 Å². The molecule has 0 spiro atoms. The molecule has 3 N–H and O–H groups in total. The van der Waals surface area contributed by atoms with Gasteiger partial charge in [0.2, 0.25) is 17.6 Å². The van der Waals surface area contributed by atoms with E-state index in [1.807, 2.05) is 36.4 Å². The number of nitrogens with one attached hydrogen (secondary N) is 3. The number of aromatic amines is 1. The number of amides is 1. The molecule has 33 heavy (non-hydrogen) atoms. The Bertz CT molecular complexity index is 1250. The van der Waals surface area contributed by atoms with Gasteiger partial charge in [-0.3, -0.25) is 14.6 Å². The van der Waals surface area contributed by atoms with Crippen LogP contribution in [0.25, 0.3) is 22.3 Å². The van der Waals surface area contributed by atoms with Crippen molar-refractivity contribution < 1.29 is 9.32 Å². The topological polar surface area (TPSA) is 139 Å². The highest BCUT2D eigenvalue weighted by Gasteiger charge is 2.10. The second kappa shape index (κ2) is 11.0. The fraction of sp³-hybridized carbons (Fsp3) is 0.304. The number of anilines is 1. The van der Waals surface area contributed by atoms with Crippen LogP contribution >= 0.6 is 0 Å². The summed E-state index contributed by atoms with van der Waals surface area (Å²) in [6.45, 7) is 1.29. The maximum Gasteiger partial charge on any atom is 0.272 e. The molecule has 0 saturated heterocycles. The van der Waals surface area contributed by atoms with Crippen LogP contribution in [0.5, 0.6) is 0 Å². The molecular formula is C23H25N7O3. The van der Waals surface area contributed by atoms with Crippen molar-refractivity contribution in [1.82, 2.24) is 30.6 Å². The third-order valence-electron chi connectivity index (χ3n) is 5.07. The lowest BCUT2D eigenvalue weighted by Gasteiger charge is -2.08. The lowest BCUT2D eigenvalue weighted by Crippen LogP contribution is -2.24. The van der Waals surface area contributed by atoms with Crippen molar-refractivity contribution in [3.8, 4) is 11.5 Å². The van der Waals surface area contributed by atoms with Crippen molar-refractivity contribution in [2.75, 3.05) is 18.4 Å². The molecule has 1 aromatic carbocycles. The molecule has 3 aromatic heterocycles. The van der Waals surface area contributed by atoms with Gasteiger partial charge >= 0.3 is 0 Å². The first-order valence-electron chi connectivity index (χ1n) is 10.9. The van der Waals surface area contributed by atoms with Crippen molar-refractivity contribution in [3.05, 3.63) is 64.9 Å². The summed E-state index contributed by atoms with van der Waals surface area (Å²) in [4.78, 5) is 32.4. The minimum Gasteiger partial charge on any atom is -0.368 e. The normalized spacial score (nSPS) is 10.9. The molecule has 4 aromatic rings. The number of carbonyl (C=O) groups is 1. The Hall–Kier alpha value is -4.08. The first-order chi connectivity index (χ1) is 16.2. The summed E-state index contributed by atoms with van der Waals surface area (Å²) in [5, 5.41) is 18.1. The first-order valence-corrected chi connectivity index (χ1v) is 10.9. The quantitative estimate of drug-likeness (QED) is 0.298. The SMILES string of the molecule is O=C(CCCc1nc(-c2ccccn2)no1)NCCCCNc1n[nH]c(=O)c2ccccc12. The number of benzene rings is 1. The number of hydrogen-bond donors (Lipinski definition) is 3. The van der Waals surface area contributed by atoms with Crippen LogP contribution in [-0.2, 0) is 11.2 Å². The van der Waals surface area contributed by atoms with Crippen LogP contribution in [0.3, 0.4) is 0 Å². The summed E-state index contributed by atoms with van der Waals surface area (Å²) in [7, 11) is 0. The molecule has 10 nitrogen and oxygen atoms in total. The average molecular weight is 447 g/mol. The third kappa shape index (κ3) is 6.00. The minimum atomic E-state index is -0.202. The Morgan fingerprint density at radius 2 is 1.82 bits per heavy atom. The molecule has 170 valence electrons. The standard InChI is InChI=1S/C23H25N7O3/c31-19(11-7-12-20-27-22(30-33-20)18-10-3-4-13-24-18)25-14-5-6-15-26-21-16-8-1-2-9-17(16)23(32)29-28-21/h1-4,8-10,13H,5-7,11-12,14-15H2,(H,25,31)(H,26,28)(H,29,32). The monoisotopic (exact) mass is 447 g/mol. The Morgan fingerprint density at radius 3 is 2.67 bits per heavy atom. The lowest BCUT2D eigenvalue weighted by molar-refractivity contribution is -0.121. The summed E-state index contributed by atoms with van der Waals surface area (Å²) in [5.41, 5.74) is 0.454. The predicted molar refractivity (Wildman–Crippen MR) is 124 cm³/mol. The molecule has 0 unspecified atom stereocenters.